The number of rotatable bonds is 12. The van der Waals surface area contributed by atoms with Crippen molar-refractivity contribution in [2.75, 3.05) is 49.5 Å². The number of hydrogen-bond donors (Lipinski definition) is 4. The van der Waals surface area contributed by atoms with Crippen molar-refractivity contribution in [1.29, 1.82) is 0 Å². The number of piperazine rings is 1. The molecule has 0 unspecified atom stereocenters. The number of nitro benzene ring substituents is 1. The summed E-state index contributed by atoms with van der Waals surface area (Å²) < 4.78 is 42.3. The van der Waals surface area contributed by atoms with Crippen LogP contribution in [0.15, 0.2) is 89.6 Å². The van der Waals surface area contributed by atoms with Crippen LogP contribution in [0.25, 0.3) is 16.6 Å². The number of allylic oxidation sites excluding steroid dienone is 1. The van der Waals surface area contributed by atoms with Crippen LogP contribution in [0.1, 0.15) is 88.1 Å². The van der Waals surface area contributed by atoms with Crippen molar-refractivity contribution in [3.8, 4) is 17.2 Å². The van der Waals surface area contributed by atoms with E-state index in [4.69, 9.17) is 21.1 Å². The molecule has 1 amide bonds. The molecule has 0 bridgehead atoms. The number of carbonyl (C=O) groups excluding carboxylic acids is 1. The first-order valence-corrected chi connectivity index (χ1v) is 24.5. The van der Waals surface area contributed by atoms with Crippen LogP contribution in [0.4, 0.5) is 17.1 Å². The van der Waals surface area contributed by atoms with Crippen LogP contribution < -0.4 is 24.4 Å². The zero-order valence-corrected chi connectivity index (χ0v) is 39.0. The van der Waals surface area contributed by atoms with Gasteiger partial charge < -0.3 is 29.8 Å². The van der Waals surface area contributed by atoms with Crippen LogP contribution in [0, 0.1) is 21.4 Å². The van der Waals surface area contributed by atoms with Gasteiger partial charge in [-0.3, -0.25) is 19.8 Å². The lowest BCUT2D eigenvalue weighted by Gasteiger charge is -2.39. The molecule has 2 aliphatic carbocycles. The minimum atomic E-state index is -4.67. The molecule has 0 spiro atoms. The average molecular weight is 939 g/mol. The van der Waals surface area contributed by atoms with Gasteiger partial charge in [-0.25, -0.2) is 18.1 Å². The lowest BCUT2D eigenvalue weighted by atomic mass is 9.72. The van der Waals surface area contributed by atoms with Gasteiger partial charge in [0.2, 0.25) is 0 Å². The largest absolute Gasteiger partial charge is 0.489 e. The molecule has 2 fully saturated rings. The monoisotopic (exact) mass is 937 g/mol. The number of ether oxygens (including phenoxy) is 2. The van der Waals surface area contributed by atoms with Gasteiger partial charge in [0.25, 0.3) is 21.6 Å². The molecule has 2 aromatic heterocycles. The number of aromatic amines is 1. The van der Waals surface area contributed by atoms with E-state index in [0.717, 1.165) is 73.9 Å². The first-order valence-electron chi connectivity index (χ1n) is 22.7. The summed E-state index contributed by atoms with van der Waals surface area (Å²) in [5.74, 6) is -0.227. The first-order chi connectivity index (χ1) is 31.5. The zero-order valence-electron chi connectivity index (χ0n) is 37.4. The average Bonchev–Trinajstić information content (AvgIpc) is 3.76. The van der Waals surface area contributed by atoms with Crippen LogP contribution in [-0.2, 0) is 10.0 Å². The van der Waals surface area contributed by atoms with Crippen molar-refractivity contribution in [3.05, 3.63) is 111 Å². The van der Waals surface area contributed by atoms with Crippen molar-refractivity contribution in [3.63, 3.8) is 0 Å². The highest BCUT2D eigenvalue weighted by atomic mass is 35.5. The Balaban J connectivity index is 0.929. The molecule has 348 valence electrons. The number of halogens is 1. The highest BCUT2D eigenvalue weighted by molar-refractivity contribution is 7.90. The Morgan fingerprint density at radius 1 is 1.03 bits per heavy atom. The number of anilines is 2. The fourth-order valence-corrected chi connectivity index (χ4v) is 11.0. The molecule has 66 heavy (non-hydrogen) atoms. The summed E-state index contributed by atoms with van der Waals surface area (Å²) in [6.07, 6.45) is 10.1. The van der Waals surface area contributed by atoms with Gasteiger partial charge in [0.05, 0.1) is 33.2 Å². The van der Waals surface area contributed by atoms with Gasteiger partial charge in [-0.05, 0) is 117 Å². The molecule has 1 saturated carbocycles. The minimum Gasteiger partial charge on any atom is -0.489 e. The number of aromatic nitrogens is 2. The third-order valence-electron chi connectivity index (χ3n) is 13.7. The molecule has 1 saturated heterocycles. The fraction of sp³-hybridized carbons (Fsp3) is 0.429. The van der Waals surface area contributed by atoms with Gasteiger partial charge >= 0.3 is 0 Å². The number of nitrogens with zero attached hydrogens (tertiary/aromatic N) is 4. The summed E-state index contributed by atoms with van der Waals surface area (Å²) in [7, 11) is -4.67. The maximum absolute atomic E-state index is 14.1. The van der Waals surface area contributed by atoms with Gasteiger partial charge in [-0.15, -0.1) is 0 Å². The van der Waals surface area contributed by atoms with Crippen molar-refractivity contribution < 1.29 is 32.7 Å². The van der Waals surface area contributed by atoms with Crippen molar-refractivity contribution in [2.24, 2.45) is 11.3 Å². The molecular formula is C49H56ClN7O8S. The van der Waals surface area contributed by atoms with E-state index in [2.05, 4.69) is 55.8 Å². The van der Waals surface area contributed by atoms with Gasteiger partial charge in [0.1, 0.15) is 23.8 Å². The van der Waals surface area contributed by atoms with Crippen molar-refractivity contribution >= 4 is 61.2 Å². The normalized spacial score (nSPS) is 22.3. The van der Waals surface area contributed by atoms with E-state index in [1.165, 1.54) is 35.0 Å². The van der Waals surface area contributed by atoms with E-state index in [1.807, 2.05) is 25.1 Å². The van der Waals surface area contributed by atoms with Gasteiger partial charge in [0.15, 0.2) is 11.4 Å². The number of benzene rings is 3. The maximum Gasteiger partial charge on any atom is 0.297 e. The number of nitro groups is 1. The summed E-state index contributed by atoms with van der Waals surface area (Å²) in [5, 5.41) is 27.5. The second-order valence-electron chi connectivity index (χ2n) is 19.4. The molecule has 2 aliphatic heterocycles. The van der Waals surface area contributed by atoms with E-state index in [0.29, 0.717) is 49.7 Å². The predicted molar refractivity (Wildman–Crippen MR) is 255 cm³/mol. The predicted octanol–water partition coefficient (Wildman–Crippen LogP) is 9.33. The molecular weight excluding hydrogens is 882 g/mol. The Hall–Kier alpha value is -5.68. The Morgan fingerprint density at radius 3 is 2.53 bits per heavy atom. The fourth-order valence-electron chi connectivity index (χ4n) is 9.85. The van der Waals surface area contributed by atoms with Crippen molar-refractivity contribution in [2.45, 2.75) is 88.7 Å². The van der Waals surface area contributed by atoms with E-state index < -0.39 is 37.0 Å². The van der Waals surface area contributed by atoms with Crippen LogP contribution in [0.2, 0.25) is 5.02 Å². The molecule has 3 aromatic carbocycles. The number of hydrogen-bond acceptors (Lipinski definition) is 12. The van der Waals surface area contributed by atoms with Crippen molar-refractivity contribution in [1.82, 2.24) is 19.6 Å². The smallest absolute Gasteiger partial charge is 0.297 e. The van der Waals surface area contributed by atoms with Crippen LogP contribution in [0.5, 0.6) is 17.2 Å². The highest BCUT2D eigenvalue weighted by Crippen LogP contribution is 2.45. The standard InChI is InChI=1S/C49H56ClN7O8S/c1-48(2)14-12-34(41(27-48)32-4-6-35(50)7-5-32)29-55-18-20-56(21-19-55)37-8-9-40(43(24-37)65-38-23-33-13-17-51-46(33)52-28-38)47(58)54-66(62,63)39-25-42(57(60)61)45-44(26-39)64-30-36(53-45)22-31-10-15-49(3,59)16-11-31/h4-9,13,17,23-26,28,31,36,53,59H,10-12,14-16,18-22,27,29-30H2,1-3H3,(H,51,52)(H,54,58)/t31?,36-,49?/m1/s1. The molecule has 15 nitrogen and oxygen atoms in total. The maximum atomic E-state index is 14.1. The first kappa shape index (κ1) is 45.5. The third kappa shape index (κ3) is 10.2. The van der Waals surface area contributed by atoms with Crippen LogP contribution in [0.3, 0.4) is 0 Å². The second-order valence-corrected chi connectivity index (χ2v) is 21.5. The van der Waals surface area contributed by atoms with Crippen LogP contribution >= 0.6 is 11.6 Å². The molecule has 4 heterocycles. The minimum absolute atomic E-state index is 0.00221. The number of H-pyrrole nitrogens is 1. The van der Waals surface area contributed by atoms with Gasteiger partial charge in [-0.1, -0.05) is 43.2 Å². The Morgan fingerprint density at radius 2 is 1.79 bits per heavy atom. The number of fused-ring (bicyclic) bond motifs is 2. The van der Waals surface area contributed by atoms with E-state index in [9.17, 15) is 28.4 Å². The quantitative estimate of drug-likeness (QED) is 0.0686. The molecule has 9 rings (SSSR count). The number of aliphatic hydroxyl groups is 1. The Bertz CT molecular complexity index is 2790. The molecule has 1 atom stereocenters. The number of pyridine rings is 1. The number of sulfonamides is 1. The van der Waals surface area contributed by atoms with Gasteiger partial charge in [-0.2, -0.15) is 0 Å². The molecule has 0 radical (unpaired) electrons. The topological polar surface area (TPSA) is 192 Å². The molecule has 17 heteroatoms. The highest BCUT2D eigenvalue weighted by Gasteiger charge is 2.36. The summed E-state index contributed by atoms with van der Waals surface area (Å²) in [6.45, 7) is 10.6. The number of amides is 1. The SMILES string of the molecule is CC1(C)CCC(CN2CCN(c3ccc(C(=O)NS(=O)(=O)c4cc5c(c([N+](=O)[O-])c4)N[C@H](CC4CCC(C)(O)CC4)CO5)c(Oc4cnc5[nH]ccc5c4)c3)CC2)=C(c2ccc(Cl)cc2)C1. The lowest BCUT2D eigenvalue weighted by Crippen LogP contribution is -2.47. The molecule has 5 aromatic rings. The summed E-state index contributed by atoms with van der Waals surface area (Å²) in [4.78, 5) is 37.5. The Labute approximate surface area is 389 Å². The van der Waals surface area contributed by atoms with E-state index in [1.54, 1.807) is 24.4 Å². The Kier molecular flexibility index (Phi) is 12.5. The van der Waals surface area contributed by atoms with Gasteiger partial charge in [0, 0.05) is 73.2 Å². The van der Waals surface area contributed by atoms with Crippen LogP contribution in [-0.4, -0.2) is 90.2 Å². The zero-order chi connectivity index (χ0) is 46.4. The molecule has 4 N–H and O–H groups in total. The number of carbonyl (C=O) groups is 1. The lowest BCUT2D eigenvalue weighted by molar-refractivity contribution is -0.384. The summed E-state index contributed by atoms with van der Waals surface area (Å²) in [6, 6.07) is 18.7. The molecule has 4 aliphatic rings. The number of nitrogens with one attached hydrogen (secondary N) is 3. The second kappa shape index (κ2) is 18.2. The van der Waals surface area contributed by atoms with E-state index >= 15 is 0 Å². The third-order valence-corrected chi connectivity index (χ3v) is 15.3. The van der Waals surface area contributed by atoms with E-state index in [-0.39, 0.29) is 40.8 Å². The summed E-state index contributed by atoms with van der Waals surface area (Å²) >= 11 is 6.25. The summed E-state index contributed by atoms with van der Waals surface area (Å²) in [5.41, 5.74) is 4.61.